The highest BCUT2D eigenvalue weighted by molar-refractivity contribution is 9.10. The van der Waals surface area contributed by atoms with Gasteiger partial charge in [0.2, 0.25) is 0 Å². The van der Waals surface area contributed by atoms with Crippen LogP contribution in [-0.2, 0) is 9.53 Å². The zero-order valence-corrected chi connectivity index (χ0v) is 13.9. The van der Waals surface area contributed by atoms with Gasteiger partial charge in [-0.15, -0.1) is 0 Å². The molecule has 2 rings (SSSR count). The average Bonchev–Trinajstić information content (AvgIpc) is 2.44. The standard InChI is InChI=1S/C17H18BrNO2/c1-11-8-12(2)10-13(9-11)16(17(20)21-3)19-15-7-5-4-6-14(15)18/h4-10,16,19H,1-3H3. The van der Waals surface area contributed by atoms with Crippen molar-refractivity contribution in [2.75, 3.05) is 12.4 Å². The summed E-state index contributed by atoms with van der Waals surface area (Å²) in [7, 11) is 1.40. The van der Waals surface area contributed by atoms with Gasteiger partial charge >= 0.3 is 5.97 Å². The Morgan fingerprint density at radius 2 is 1.76 bits per heavy atom. The zero-order valence-electron chi connectivity index (χ0n) is 12.3. The van der Waals surface area contributed by atoms with Gasteiger partial charge in [0.05, 0.1) is 7.11 Å². The summed E-state index contributed by atoms with van der Waals surface area (Å²) in [6.07, 6.45) is 0. The molecule has 1 atom stereocenters. The number of methoxy groups -OCH3 is 1. The van der Waals surface area contributed by atoms with E-state index in [1.54, 1.807) is 0 Å². The summed E-state index contributed by atoms with van der Waals surface area (Å²) in [6.45, 7) is 4.03. The smallest absolute Gasteiger partial charge is 0.332 e. The summed E-state index contributed by atoms with van der Waals surface area (Å²) in [5.74, 6) is -0.309. The number of benzene rings is 2. The predicted octanol–water partition coefficient (Wildman–Crippen LogP) is 4.39. The number of carbonyl (C=O) groups is 1. The summed E-state index contributed by atoms with van der Waals surface area (Å²) in [4.78, 5) is 12.2. The second-order valence-corrected chi connectivity index (χ2v) is 5.86. The van der Waals surface area contributed by atoms with Crippen molar-refractivity contribution in [1.29, 1.82) is 0 Å². The molecule has 0 saturated carbocycles. The third-order valence-electron chi connectivity index (χ3n) is 3.19. The van der Waals surface area contributed by atoms with E-state index in [1.165, 1.54) is 7.11 Å². The molecule has 0 saturated heterocycles. The predicted molar refractivity (Wildman–Crippen MR) is 88.4 cm³/mol. The van der Waals surface area contributed by atoms with Gasteiger partial charge in [0.1, 0.15) is 0 Å². The molecule has 2 aromatic rings. The quantitative estimate of drug-likeness (QED) is 0.833. The molecule has 0 aliphatic heterocycles. The molecular weight excluding hydrogens is 330 g/mol. The second kappa shape index (κ2) is 6.76. The van der Waals surface area contributed by atoms with Crippen LogP contribution in [0.25, 0.3) is 0 Å². The number of hydrogen-bond acceptors (Lipinski definition) is 3. The van der Waals surface area contributed by atoms with E-state index >= 15 is 0 Å². The molecule has 1 unspecified atom stereocenters. The molecule has 0 heterocycles. The molecule has 3 nitrogen and oxygen atoms in total. The number of nitrogens with one attached hydrogen (secondary N) is 1. The van der Waals surface area contributed by atoms with Crippen LogP contribution in [0.15, 0.2) is 46.9 Å². The SMILES string of the molecule is COC(=O)C(Nc1ccccc1Br)c1cc(C)cc(C)c1. The maximum absolute atomic E-state index is 12.2. The Morgan fingerprint density at radius 3 is 2.33 bits per heavy atom. The number of hydrogen-bond donors (Lipinski definition) is 1. The molecule has 4 heteroatoms. The molecule has 0 aromatic heterocycles. The fourth-order valence-electron chi connectivity index (χ4n) is 2.31. The van der Waals surface area contributed by atoms with Crippen LogP contribution in [-0.4, -0.2) is 13.1 Å². The summed E-state index contributed by atoms with van der Waals surface area (Å²) in [5.41, 5.74) is 3.99. The Kier molecular flexibility index (Phi) is 5.02. The van der Waals surface area contributed by atoms with Crippen LogP contribution in [0.5, 0.6) is 0 Å². The highest BCUT2D eigenvalue weighted by atomic mass is 79.9. The van der Waals surface area contributed by atoms with Crippen molar-refractivity contribution in [3.63, 3.8) is 0 Å². The van der Waals surface area contributed by atoms with Crippen molar-refractivity contribution in [2.24, 2.45) is 0 Å². The zero-order chi connectivity index (χ0) is 15.4. The fraction of sp³-hybridized carbons (Fsp3) is 0.235. The maximum atomic E-state index is 12.2. The number of aryl methyl sites for hydroxylation is 2. The number of para-hydroxylation sites is 1. The minimum Gasteiger partial charge on any atom is -0.467 e. The van der Waals surface area contributed by atoms with Gasteiger partial charge < -0.3 is 10.1 Å². The Balaban J connectivity index is 2.39. The van der Waals surface area contributed by atoms with Crippen molar-refractivity contribution in [2.45, 2.75) is 19.9 Å². The summed E-state index contributed by atoms with van der Waals surface area (Å²) >= 11 is 3.48. The molecule has 21 heavy (non-hydrogen) atoms. The van der Waals surface area contributed by atoms with E-state index in [4.69, 9.17) is 4.74 Å². The highest BCUT2D eigenvalue weighted by Gasteiger charge is 2.22. The first kappa shape index (κ1) is 15.6. The molecule has 0 fully saturated rings. The van der Waals surface area contributed by atoms with Gasteiger partial charge in [0, 0.05) is 10.2 Å². The molecule has 1 N–H and O–H groups in total. The Hall–Kier alpha value is -1.81. The number of rotatable bonds is 4. The van der Waals surface area contributed by atoms with Crippen LogP contribution < -0.4 is 5.32 Å². The highest BCUT2D eigenvalue weighted by Crippen LogP contribution is 2.28. The van der Waals surface area contributed by atoms with Gasteiger partial charge in [-0.3, -0.25) is 0 Å². The fourth-order valence-corrected chi connectivity index (χ4v) is 2.71. The van der Waals surface area contributed by atoms with Gasteiger partial charge in [-0.05, 0) is 47.5 Å². The van der Waals surface area contributed by atoms with Gasteiger partial charge in [-0.2, -0.15) is 0 Å². The minimum atomic E-state index is -0.535. The monoisotopic (exact) mass is 347 g/mol. The van der Waals surface area contributed by atoms with E-state index in [0.717, 1.165) is 26.9 Å². The number of carbonyl (C=O) groups excluding carboxylic acids is 1. The first-order chi connectivity index (χ1) is 10.0. The van der Waals surface area contributed by atoms with Crippen molar-refractivity contribution in [1.82, 2.24) is 0 Å². The third kappa shape index (κ3) is 3.85. The molecule has 0 bridgehead atoms. The van der Waals surface area contributed by atoms with E-state index in [0.29, 0.717) is 0 Å². The van der Waals surface area contributed by atoms with Crippen LogP contribution in [0.4, 0.5) is 5.69 Å². The van der Waals surface area contributed by atoms with E-state index < -0.39 is 6.04 Å². The summed E-state index contributed by atoms with van der Waals surface area (Å²) < 4.78 is 5.85. The molecule has 0 aliphatic rings. The lowest BCUT2D eigenvalue weighted by atomic mass is 10.0. The van der Waals surface area contributed by atoms with E-state index in [-0.39, 0.29) is 5.97 Å². The molecule has 0 amide bonds. The lowest BCUT2D eigenvalue weighted by molar-refractivity contribution is -0.141. The number of halogens is 1. The van der Waals surface area contributed by atoms with Crippen molar-refractivity contribution >= 4 is 27.6 Å². The molecule has 0 spiro atoms. The van der Waals surface area contributed by atoms with Crippen molar-refractivity contribution in [3.8, 4) is 0 Å². The third-order valence-corrected chi connectivity index (χ3v) is 3.88. The normalized spacial score (nSPS) is 11.8. The van der Waals surface area contributed by atoms with Crippen LogP contribution in [0.3, 0.4) is 0 Å². The van der Waals surface area contributed by atoms with Crippen LogP contribution in [0, 0.1) is 13.8 Å². The van der Waals surface area contributed by atoms with Crippen LogP contribution >= 0.6 is 15.9 Å². The molecule has 0 aliphatic carbocycles. The molecule has 2 aromatic carbocycles. The first-order valence-electron chi connectivity index (χ1n) is 6.68. The largest absolute Gasteiger partial charge is 0.467 e. The lowest BCUT2D eigenvalue weighted by Crippen LogP contribution is -2.22. The number of ether oxygens (including phenoxy) is 1. The van der Waals surface area contributed by atoms with Crippen molar-refractivity contribution in [3.05, 3.63) is 63.6 Å². The van der Waals surface area contributed by atoms with Gasteiger partial charge in [0.25, 0.3) is 0 Å². The molecule has 0 radical (unpaired) electrons. The topological polar surface area (TPSA) is 38.3 Å². The maximum Gasteiger partial charge on any atom is 0.332 e. The summed E-state index contributed by atoms with van der Waals surface area (Å²) in [6, 6.07) is 13.2. The van der Waals surface area contributed by atoms with E-state index in [9.17, 15) is 4.79 Å². The van der Waals surface area contributed by atoms with E-state index in [1.807, 2.05) is 50.2 Å². The van der Waals surface area contributed by atoms with Gasteiger partial charge in [-0.25, -0.2) is 4.79 Å². The minimum absolute atomic E-state index is 0.309. The summed E-state index contributed by atoms with van der Waals surface area (Å²) in [5, 5.41) is 3.25. The second-order valence-electron chi connectivity index (χ2n) is 5.00. The van der Waals surface area contributed by atoms with Crippen LogP contribution in [0.2, 0.25) is 0 Å². The van der Waals surface area contributed by atoms with Crippen LogP contribution in [0.1, 0.15) is 22.7 Å². The first-order valence-corrected chi connectivity index (χ1v) is 7.47. The number of anilines is 1. The Labute approximate surface area is 133 Å². The van der Waals surface area contributed by atoms with Gasteiger partial charge in [-0.1, -0.05) is 41.5 Å². The average molecular weight is 348 g/mol. The Morgan fingerprint density at radius 1 is 1.14 bits per heavy atom. The Bertz CT molecular complexity index is 635. The van der Waals surface area contributed by atoms with E-state index in [2.05, 4.69) is 27.3 Å². The molecular formula is C17H18BrNO2. The molecule has 110 valence electrons. The van der Waals surface area contributed by atoms with Gasteiger partial charge in [0.15, 0.2) is 6.04 Å². The lowest BCUT2D eigenvalue weighted by Gasteiger charge is -2.20. The number of esters is 1. The van der Waals surface area contributed by atoms with Crippen molar-refractivity contribution < 1.29 is 9.53 Å².